The Bertz CT molecular complexity index is 318. The molecular weight excluding hydrogens is 208 g/mol. The van der Waals surface area contributed by atoms with E-state index in [0.29, 0.717) is 6.54 Å². The molecule has 1 aliphatic rings. The van der Waals surface area contributed by atoms with E-state index in [2.05, 4.69) is 11.9 Å². The monoisotopic (exact) mass is 226 g/mol. The molecule has 1 aliphatic heterocycles. The number of aryl methyl sites for hydroxylation is 1. The lowest BCUT2D eigenvalue weighted by atomic mass is 10.1. The topological polar surface area (TPSA) is 48.1 Å². The highest BCUT2D eigenvalue weighted by Gasteiger charge is 2.20. The van der Waals surface area contributed by atoms with E-state index in [4.69, 9.17) is 10.5 Å². The van der Waals surface area contributed by atoms with Gasteiger partial charge in [-0.25, -0.2) is 4.98 Å². The van der Waals surface area contributed by atoms with Crippen molar-refractivity contribution in [1.82, 2.24) is 4.98 Å². The minimum Gasteiger partial charge on any atom is -0.371 e. The second-order valence-corrected chi connectivity index (χ2v) is 5.07. The van der Waals surface area contributed by atoms with Crippen molar-refractivity contribution in [2.24, 2.45) is 5.73 Å². The fourth-order valence-corrected chi connectivity index (χ4v) is 3.05. The lowest BCUT2D eigenvalue weighted by Gasteiger charge is -2.20. The van der Waals surface area contributed by atoms with Gasteiger partial charge >= 0.3 is 0 Å². The first-order valence-corrected chi connectivity index (χ1v) is 6.41. The summed E-state index contributed by atoms with van der Waals surface area (Å²) in [7, 11) is 0. The van der Waals surface area contributed by atoms with Crippen molar-refractivity contribution in [2.45, 2.75) is 38.7 Å². The molecule has 1 aromatic heterocycles. The van der Waals surface area contributed by atoms with Crippen LogP contribution >= 0.6 is 11.3 Å². The molecule has 1 aromatic rings. The molecule has 1 unspecified atom stereocenters. The molecule has 2 N–H and O–H groups in total. The van der Waals surface area contributed by atoms with E-state index in [9.17, 15) is 0 Å². The van der Waals surface area contributed by atoms with Gasteiger partial charge in [0, 0.05) is 11.5 Å². The van der Waals surface area contributed by atoms with E-state index in [0.717, 1.165) is 30.2 Å². The van der Waals surface area contributed by atoms with E-state index < -0.39 is 0 Å². The van der Waals surface area contributed by atoms with Crippen molar-refractivity contribution in [3.63, 3.8) is 0 Å². The highest BCUT2D eigenvalue weighted by atomic mass is 32.1. The lowest BCUT2D eigenvalue weighted by Crippen LogP contribution is -2.11. The van der Waals surface area contributed by atoms with Crippen molar-refractivity contribution in [3.8, 4) is 0 Å². The van der Waals surface area contributed by atoms with Crippen LogP contribution in [0.25, 0.3) is 0 Å². The molecule has 2 heterocycles. The van der Waals surface area contributed by atoms with Gasteiger partial charge in [-0.05, 0) is 39.2 Å². The summed E-state index contributed by atoms with van der Waals surface area (Å²) >= 11 is 1.77. The van der Waals surface area contributed by atoms with Crippen LogP contribution in [0.2, 0.25) is 0 Å². The Balaban J connectivity index is 2.10. The quantitative estimate of drug-likeness (QED) is 0.859. The van der Waals surface area contributed by atoms with Crippen LogP contribution in [0.3, 0.4) is 0 Å². The van der Waals surface area contributed by atoms with E-state index in [-0.39, 0.29) is 6.10 Å². The molecule has 0 amide bonds. The first kappa shape index (κ1) is 11.0. The predicted octanol–water partition coefficient (Wildman–Crippen LogP) is 2.19. The van der Waals surface area contributed by atoms with Crippen LogP contribution in [0.1, 0.15) is 40.9 Å². The van der Waals surface area contributed by atoms with Crippen LogP contribution < -0.4 is 5.73 Å². The van der Waals surface area contributed by atoms with Gasteiger partial charge in [-0.1, -0.05) is 0 Å². The molecule has 84 valence electrons. The summed E-state index contributed by atoms with van der Waals surface area (Å²) in [4.78, 5) is 5.91. The maximum absolute atomic E-state index is 5.73. The highest BCUT2D eigenvalue weighted by molar-refractivity contribution is 7.11. The summed E-state index contributed by atoms with van der Waals surface area (Å²) in [5.41, 5.74) is 6.70. The summed E-state index contributed by atoms with van der Waals surface area (Å²) in [5, 5.41) is 1.15. The van der Waals surface area contributed by atoms with Gasteiger partial charge in [0.05, 0.1) is 5.69 Å². The fourth-order valence-electron chi connectivity index (χ4n) is 1.89. The highest BCUT2D eigenvalue weighted by Crippen LogP contribution is 2.32. The smallest absolute Gasteiger partial charge is 0.122 e. The Hall–Kier alpha value is -0.450. The summed E-state index contributed by atoms with van der Waals surface area (Å²) in [6, 6.07) is 0. The summed E-state index contributed by atoms with van der Waals surface area (Å²) in [5.74, 6) is 0. The van der Waals surface area contributed by atoms with Crippen LogP contribution in [-0.4, -0.2) is 18.1 Å². The van der Waals surface area contributed by atoms with Crippen LogP contribution in [-0.2, 0) is 11.2 Å². The molecule has 1 fully saturated rings. The van der Waals surface area contributed by atoms with Crippen molar-refractivity contribution < 1.29 is 4.74 Å². The SMILES string of the molecule is Cc1nc(C2CCCCO2)sc1CCN. The number of hydrogen-bond acceptors (Lipinski definition) is 4. The zero-order valence-corrected chi connectivity index (χ0v) is 9.98. The molecule has 4 heteroatoms. The van der Waals surface area contributed by atoms with E-state index >= 15 is 0 Å². The molecule has 1 saturated heterocycles. The zero-order valence-electron chi connectivity index (χ0n) is 9.16. The average molecular weight is 226 g/mol. The number of thiazole rings is 1. The van der Waals surface area contributed by atoms with Gasteiger partial charge in [-0.3, -0.25) is 0 Å². The Morgan fingerprint density at radius 2 is 2.40 bits per heavy atom. The average Bonchev–Trinajstić information content (AvgIpc) is 2.63. The largest absolute Gasteiger partial charge is 0.371 e. The van der Waals surface area contributed by atoms with Crippen LogP contribution in [0.4, 0.5) is 0 Å². The fraction of sp³-hybridized carbons (Fsp3) is 0.727. The van der Waals surface area contributed by atoms with Gasteiger partial charge in [0.1, 0.15) is 11.1 Å². The molecule has 3 nitrogen and oxygen atoms in total. The van der Waals surface area contributed by atoms with Gasteiger partial charge in [0.15, 0.2) is 0 Å². The Morgan fingerprint density at radius 1 is 1.53 bits per heavy atom. The normalized spacial score (nSPS) is 21.9. The molecule has 1 atom stereocenters. The maximum atomic E-state index is 5.73. The Morgan fingerprint density at radius 3 is 3.07 bits per heavy atom. The van der Waals surface area contributed by atoms with E-state index in [1.807, 2.05) is 0 Å². The number of hydrogen-bond donors (Lipinski definition) is 1. The van der Waals surface area contributed by atoms with E-state index in [1.165, 1.54) is 17.7 Å². The predicted molar refractivity (Wildman–Crippen MR) is 62.2 cm³/mol. The molecular formula is C11H18N2OS. The minimum absolute atomic E-state index is 0.244. The molecule has 0 saturated carbocycles. The molecule has 0 radical (unpaired) electrons. The molecule has 0 spiro atoms. The second kappa shape index (κ2) is 5.05. The second-order valence-electron chi connectivity index (χ2n) is 3.95. The third-order valence-electron chi connectivity index (χ3n) is 2.74. The first-order chi connectivity index (χ1) is 7.31. The number of nitrogens with two attached hydrogens (primary N) is 1. The number of ether oxygens (including phenoxy) is 1. The zero-order chi connectivity index (χ0) is 10.7. The van der Waals surface area contributed by atoms with Gasteiger partial charge in [0.2, 0.25) is 0 Å². The lowest BCUT2D eigenvalue weighted by molar-refractivity contribution is 0.0148. The van der Waals surface area contributed by atoms with Gasteiger partial charge < -0.3 is 10.5 Å². The van der Waals surface area contributed by atoms with Crippen LogP contribution in [0.15, 0.2) is 0 Å². The molecule has 0 aromatic carbocycles. The Kier molecular flexibility index (Phi) is 3.72. The summed E-state index contributed by atoms with van der Waals surface area (Å²) in [6.07, 6.45) is 4.76. The minimum atomic E-state index is 0.244. The van der Waals surface area contributed by atoms with Crippen LogP contribution in [0, 0.1) is 6.92 Å². The van der Waals surface area contributed by atoms with Crippen molar-refractivity contribution in [2.75, 3.05) is 13.2 Å². The van der Waals surface area contributed by atoms with Crippen molar-refractivity contribution in [1.29, 1.82) is 0 Å². The maximum Gasteiger partial charge on any atom is 0.122 e. The van der Waals surface area contributed by atoms with Gasteiger partial charge in [-0.2, -0.15) is 0 Å². The van der Waals surface area contributed by atoms with Crippen molar-refractivity contribution >= 4 is 11.3 Å². The number of aromatic nitrogens is 1. The number of rotatable bonds is 3. The summed E-state index contributed by atoms with van der Waals surface area (Å²) < 4.78 is 5.73. The third kappa shape index (κ3) is 2.56. The van der Waals surface area contributed by atoms with Crippen molar-refractivity contribution in [3.05, 3.63) is 15.6 Å². The van der Waals surface area contributed by atoms with E-state index in [1.54, 1.807) is 11.3 Å². The summed E-state index contributed by atoms with van der Waals surface area (Å²) in [6.45, 7) is 3.65. The molecule has 0 bridgehead atoms. The number of nitrogens with zero attached hydrogens (tertiary/aromatic N) is 1. The Labute approximate surface area is 94.7 Å². The standard InChI is InChI=1S/C11H18N2OS/c1-8-10(5-6-12)15-11(13-8)9-4-2-3-7-14-9/h9H,2-7,12H2,1H3. The van der Waals surface area contributed by atoms with Crippen LogP contribution in [0.5, 0.6) is 0 Å². The third-order valence-corrected chi connectivity index (χ3v) is 4.04. The molecule has 2 rings (SSSR count). The van der Waals surface area contributed by atoms with Gasteiger partial charge in [-0.15, -0.1) is 11.3 Å². The first-order valence-electron chi connectivity index (χ1n) is 5.59. The van der Waals surface area contributed by atoms with Gasteiger partial charge in [0.25, 0.3) is 0 Å². The molecule has 15 heavy (non-hydrogen) atoms. The molecule has 0 aliphatic carbocycles.